The number of esters is 1. The van der Waals surface area contributed by atoms with Crippen LogP contribution in [0.3, 0.4) is 0 Å². The minimum atomic E-state index is -1.08. The first-order valence-corrected chi connectivity index (χ1v) is 11.9. The molecule has 0 fully saturated rings. The first kappa shape index (κ1) is 29.3. The Bertz CT molecular complexity index is 787. The molecule has 0 saturated heterocycles. The number of aliphatic hydroxyl groups is 2. The molecule has 2 atom stereocenters. The van der Waals surface area contributed by atoms with E-state index in [-0.39, 0.29) is 31.2 Å². The molecule has 0 saturated carbocycles. The number of carbonyl (C=O) groups is 3. The van der Waals surface area contributed by atoms with Crippen molar-refractivity contribution in [3.05, 3.63) is 47.5 Å². The van der Waals surface area contributed by atoms with Gasteiger partial charge in [0.2, 0.25) is 11.8 Å². The number of nitrogens with one attached hydrogen (secondary N) is 2. The van der Waals surface area contributed by atoms with E-state index in [2.05, 4.69) is 24.5 Å². The van der Waals surface area contributed by atoms with Crippen molar-refractivity contribution in [1.29, 1.82) is 0 Å². The number of hydrogen-bond donors (Lipinski definition) is 4. The highest BCUT2D eigenvalue weighted by Gasteiger charge is 2.27. The lowest BCUT2D eigenvalue weighted by Gasteiger charge is -2.22. The summed E-state index contributed by atoms with van der Waals surface area (Å²) in [6.07, 6.45) is 4.71. The Morgan fingerprint density at radius 3 is 2.24 bits per heavy atom. The van der Waals surface area contributed by atoms with Gasteiger partial charge in [-0.25, -0.2) is 4.79 Å². The Labute approximate surface area is 202 Å². The van der Waals surface area contributed by atoms with E-state index in [9.17, 15) is 24.6 Å². The minimum absolute atomic E-state index is 0.109. The topological polar surface area (TPSA) is 125 Å². The monoisotopic (exact) mass is 476 g/mol. The molecule has 2 unspecified atom stereocenters. The fourth-order valence-electron chi connectivity index (χ4n) is 3.27. The van der Waals surface area contributed by atoms with E-state index in [0.717, 1.165) is 18.4 Å². The second-order valence-corrected chi connectivity index (χ2v) is 8.77. The van der Waals surface area contributed by atoms with Gasteiger partial charge in [-0.2, -0.15) is 0 Å². The van der Waals surface area contributed by atoms with Gasteiger partial charge in [-0.1, -0.05) is 57.2 Å². The second-order valence-electron chi connectivity index (χ2n) is 8.77. The van der Waals surface area contributed by atoms with Gasteiger partial charge < -0.3 is 25.6 Å². The summed E-state index contributed by atoms with van der Waals surface area (Å²) in [5.74, 6) is -1.31. The van der Waals surface area contributed by atoms with Crippen LogP contribution in [0.5, 0.6) is 0 Å². The summed E-state index contributed by atoms with van der Waals surface area (Å²) >= 11 is 0. The van der Waals surface area contributed by atoms with Gasteiger partial charge in [0.1, 0.15) is 12.1 Å². The Hall–Kier alpha value is -2.71. The number of rotatable bonds is 15. The third-order valence-electron chi connectivity index (χ3n) is 5.27. The summed E-state index contributed by atoms with van der Waals surface area (Å²) in [5, 5.41) is 23.8. The summed E-state index contributed by atoms with van der Waals surface area (Å²) in [7, 11) is 0. The van der Waals surface area contributed by atoms with Crippen LogP contribution in [0.15, 0.2) is 36.4 Å². The van der Waals surface area contributed by atoms with Crippen molar-refractivity contribution < 1.29 is 29.3 Å². The average Bonchev–Trinajstić information content (AvgIpc) is 2.81. The third-order valence-corrected chi connectivity index (χ3v) is 5.27. The van der Waals surface area contributed by atoms with Crippen LogP contribution in [-0.2, 0) is 25.5 Å². The Morgan fingerprint density at radius 1 is 1.03 bits per heavy atom. The quantitative estimate of drug-likeness (QED) is 0.227. The molecule has 1 aromatic rings. The molecule has 8 heteroatoms. The number of allylic oxidation sites excluding steroid dienone is 1. The van der Waals surface area contributed by atoms with Gasteiger partial charge in [-0.05, 0) is 43.2 Å². The number of carbonyl (C=O) groups excluding carboxylic acids is 3. The van der Waals surface area contributed by atoms with Gasteiger partial charge in [-0.15, -0.1) is 0 Å². The standard InChI is InChI=1S/C26H40N2O6/c1-5-6-7-8-24(31)27-14-13-23(26(33)34-22(16-29)17-30)28-25(32)19(4)21-11-9-20(10-12-21)15-18(2)3/h6-7,9-12,18-19,22-23,29-30H,5,8,13-17H2,1-4H3,(H,27,31)(H,28,32)/b7-6-. The van der Waals surface area contributed by atoms with Crippen LogP contribution in [0.4, 0.5) is 0 Å². The predicted octanol–water partition coefficient (Wildman–Crippen LogP) is 2.23. The molecule has 8 nitrogen and oxygen atoms in total. The van der Waals surface area contributed by atoms with Crippen molar-refractivity contribution in [2.45, 2.75) is 71.4 Å². The molecule has 34 heavy (non-hydrogen) atoms. The van der Waals surface area contributed by atoms with E-state index < -0.39 is 37.2 Å². The van der Waals surface area contributed by atoms with Gasteiger partial charge in [-0.3, -0.25) is 9.59 Å². The maximum Gasteiger partial charge on any atom is 0.329 e. The smallest absolute Gasteiger partial charge is 0.329 e. The molecule has 0 radical (unpaired) electrons. The molecule has 1 aromatic carbocycles. The molecule has 0 heterocycles. The zero-order valence-corrected chi connectivity index (χ0v) is 20.8. The van der Waals surface area contributed by atoms with Crippen molar-refractivity contribution in [3.63, 3.8) is 0 Å². The van der Waals surface area contributed by atoms with E-state index >= 15 is 0 Å². The summed E-state index contributed by atoms with van der Waals surface area (Å²) in [4.78, 5) is 37.4. The summed E-state index contributed by atoms with van der Waals surface area (Å²) in [5.41, 5.74) is 2.01. The molecule has 0 aliphatic rings. The number of aliphatic hydroxyl groups excluding tert-OH is 2. The highest BCUT2D eigenvalue weighted by Crippen LogP contribution is 2.18. The molecule has 190 valence electrons. The lowest BCUT2D eigenvalue weighted by atomic mass is 9.96. The minimum Gasteiger partial charge on any atom is -0.456 e. The van der Waals surface area contributed by atoms with E-state index in [1.165, 1.54) is 5.56 Å². The van der Waals surface area contributed by atoms with Crippen molar-refractivity contribution in [3.8, 4) is 0 Å². The van der Waals surface area contributed by atoms with E-state index in [0.29, 0.717) is 5.92 Å². The highest BCUT2D eigenvalue weighted by atomic mass is 16.6. The molecule has 0 aliphatic heterocycles. The summed E-state index contributed by atoms with van der Waals surface area (Å²) in [6.45, 7) is 7.09. The highest BCUT2D eigenvalue weighted by molar-refractivity contribution is 5.88. The second kappa shape index (κ2) is 16.0. The Morgan fingerprint density at radius 2 is 1.68 bits per heavy atom. The van der Waals surface area contributed by atoms with Gasteiger partial charge in [0, 0.05) is 13.0 Å². The summed E-state index contributed by atoms with van der Waals surface area (Å²) in [6, 6.07) is 6.78. The van der Waals surface area contributed by atoms with Crippen LogP contribution in [0, 0.1) is 5.92 Å². The zero-order chi connectivity index (χ0) is 25.5. The zero-order valence-electron chi connectivity index (χ0n) is 20.8. The van der Waals surface area contributed by atoms with E-state index in [1.807, 2.05) is 37.3 Å². The molecule has 0 bridgehead atoms. The molecular weight excluding hydrogens is 436 g/mol. The lowest BCUT2D eigenvalue weighted by Crippen LogP contribution is -2.46. The van der Waals surface area contributed by atoms with Crippen molar-refractivity contribution in [2.24, 2.45) is 5.92 Å². The molecule has 0 aromatic heterocycles. The van der Waals surface area contributed by atoms with Gasteiger partial charge in [0.25, 0.3) is 0 Å². The van der Waals surface area contributed by atoms with Crippen molar-refractivity contribution >= 4 is 17.8 Å². The largest absolute Gasteiger partial charge is 0.456 e. The van der Waals surface area contributed by atoms with Crippen molar-refractivity contribution in [1.82, 2.24) is 10.6 Å². The average molecular weight is 477 g/mol. The Kier molecular flexibility index (Phi) is 13.8. The first-order chi connectivity index (χ1) is 16.2. The van der Waals surface area contributed by atoms with Gasteiger partial charge in [0.15, 0.2) is 0 Å². The van der Waals surface area contributed by atoms with Crippen LogP contribution < -0.4 is 10.6 Å². The lowest BCUT2D eigenvalue weighted by molar-refractivity contribution is -0.157. The molecular formula is C26H40N2O6. The maximum absolute atomic E-state index is 12.9. The Balaban J connectivity index is 2.81. The fraction of sp³-hybridized carbons (Fsp3) is 0.577. The van der Waals surface area contributed by atoms with E-state index in [1.54, 1.807) is 13.0 Å². The SMILES string of the molecule is CC/C=C\CC(=O)NCCC(NC(=O)C(C)c1ccc(CC(C)C)cc1)C(=O)OC(CO)CO. The number of benzene rings is 1. The molecule has 0 spiro atoms. The first-order valence-electron chi connectivity index (χ1n) is 11.9. The van der Waals surface area contributed by atoms with E-state index in [4.69, 9.17) is 4.74 Å². The molecule has 2 amide bonds. The maximum atomic E-state index is 12.9. The normalized spacial score (nSPS) is 13.2. The molecule has 1 rings (SSSR count). The van der Waals surface area contributed by atoms with Gasteiger partial charge in [0.05, 0.1) is 19.1 Å². The number of amides is 2. The van der Waals surface area contributed by atoms with Crippen LogP contribution >= 0.6 is 0 Å². The summed E-state index contributed by atoms with van der Waals surface area (Å²) < 4.78 is 5.11. The van der Waals surface area contributed by atoms with Gasteiger partial charge >= 0.3 is 5.97 Å². The molecule has 0 aliphatic carbocycles. The number of ether oxygens (including phenoxy) is 1. The van der Waals surface area contributed by atoms with Crippen LogP contribution in [0.2, 0.25) is 0 Å². The predicted molar refractivity (Wildman–Crippen MR) is 131 cm³/mol. The van der Waals surface area contributed by atoms with Crippen molar-refractivity contribution in [2.75, 3.05) is 19.8 Å². The fourth-order valence-corrected chi connectivity index (χ4v) is 3.27. The van der Waals surface area contributed by atoms with Crippen LogP contribution in [-0.4, -0.2) is 59.9 Å². The van der Waals surface area contributed by atoms with Crippen LogP contribution in [0.1, 0.15) is 64.0 Å². The number of hydrogen-bond acceptors (Lipinski definition) is 6. The molecule has 4 N–H and O–H groups in total. The third kappa shape index (κ3) is 10.9. The van der Waals surface area contributed by atoms with Crippen LogP contribution in [0.25, 0.3) is 0 Å².